The predicted molar refractivity (Wildman–Crippen MR) is 123 cm³/mol. The molecular formula is C23H24N4O5S. The van der Waals surface area contributed by atoms with Gasteiger partial charge in [-0.3, -0.25) is 4.79 Å². The first-order valence-electron chi connectivity index (χ1n) is 10.3. The van der Waals surface area contributed by atoms with E-state index in [1.807, 2.05) is 18.2 Å². The largest absolute Gasteiger partial charge is 0.495 e. The fourth-order valence-corrected chi connectivity index (χ4v) is 4.17. The smallest absolute Gasteiger partial charge is 0.234 e. The molecule has 2 heterocycles. The minimum atomic E-state index is -3.18. The average molecular weight is 469 g/mol. The van der Waals surface area contributed by atoms with Crippen molar-refractivity contribution in [3.05, 3.63) is 41.7 Å². The van der Waals surface area contributed by atoms with E-state index in [-0.39, 0.29) is 18.2 Å². The van der Waals surface area contributed by atoms with Gasteiger partial charge in [0.15, 0.2) is 11.5 Å². The van der Waals surface area contributed by atoms with E-state index in [1.165, 1.54) is 7.11 Å². The molecule has 1 aromatic carbocycles. The number of methoxy groups -OCH3 is 2. The van der Waals surface area contributed by atoms with E-state index in [1.54, 1.807) is 23.8 Å². The van der Waals surface area contributed by atoms with Gasteiger partial charge >= 0.3 is 0 Å². The SMILES string of the molecule is C#Cc1ccc(-c2ccc(OC)n3nc(C4(C(=O)NCCS(C)(=O)=O)CC4)nc23)cc1OC. The molecule has 0 bridgehead atoms. The Labute approximate surface area is 192 Å². The van der Waals surface area contributed by atoms with E-state index in [0.717, 1.165) is 17.4 Å². The molecule has 1 aliphatic rings. The maximum absolute atomic E-state index is 12.9. The minimum absolute atomic E-state index is 0.0443. The lowest BCUT2D eigenvalue weighted by Gasteiger charge is -2.11. The fraction of sp³-hybridized carbons (Fsp3) is 0.348. The first-order valence-corrected chi connectivity index (χ1v) is 12.3. The number of nitrogens with zero attached hydrogens (tertiary/aromatic N) is 3. The van der Waals surface area contributed by atoms with Crippen molar-refractivity contribution in [3.8, 4) is 35.1 Å². The van der Waals surface area contributed by atoms with Crippen molar-refractivity contribution in [3.63, 3.8) is 0 Å². The summed E-state index contributed by atoms with van der Waals surface area (Å²) in [6.07, 6.45) is 7.84. The Morgan fingerprint density at radius 3 is 2.61 bits per heavy atom. The summed E-state index contributed by atoms with van der Waals surface area (Å²) in [5.74, 6) is 3.59. The second-order valence-corrected chi connectivity index (χ2v) is 10.2. The van der Waals surface area contributed by atoms with Gasteiger partial charge in [-0.15, -0.1) is 11.5 Å². The molecular weight excluding hydrogens is 444 g/mol. The van der Waals surface area contributed by atoms with E-state index >= 15 is 0 Å². The molecule has 0 radical (unpaired) electrons. The number of amides is 1. The van der Waals surface area contributed by atoms with Crippen LogP contribution in [0.2, 0.25) is 0 Å². The van der Waals surface area contributed by atoms with Crippen LogP contribution in [0.25, 0.3) is 16.8 Å². The lowest BCUT2D eigenvalue weighted by atomic mass is 10.0. The van der Waals surface area contributed by atoms with Gasteiger partial charge in [0.25, 0.3) is 0 Å². The van der Waals surface area contributed by atoms with Crippen molar-refractivity contribution in [2.24, 2.45) is 0 Å². The molecule has 1 N–H and O–H groups in total. The first kappa shape index (κ1) is 22.6. The number of carbonyl (C=O) groups is 1. The van der Waals surface area contributed by atoms with Crippen molar-refractivity contribution < 1.29 is 22.7 Å². The van der Waals surface area contributed by atoms with Gasteiger partial charge in [-0.25, -0.2) is 13.4 Å². The molecule has 0 aliphatic heterocycles. The van der Waals surface area contributed by atoms with Crippen LogP contribution in [0.3, 0.4) is 0 Å². The molecule has 9 nitrogen and oxygen atoms in total. The van der Waals surface area contributed by atoms with Gasteiger partial charge in [0.2, 0.25) is 11.8 Å². The second-order valence-electron chi connectivity index (χ2n) is 7.99. The first-order chi connectivity index (χ1) is 15.7. The molecule has 33 heavy (non-hydrogen) atoms. The van der Waals surface area contributed by atoms with Crippen LogP contribution in [0.5, 0.6) is 11.6 Å². The van der Waals surface area contributed by atoms with Gasteiger partial charge < -0.3 is 14.8 Å². The number of carbonyl (C=O) groups excluding carboxylic acids is 1. The predicted octanol–water partition coefficient (Wildman–Crippen LogP) is 1.59. The van der Waals surface area contributed by atoms with E-state index in [0.29, 0.717) is 41.5 Å². The molecule has 0 spiro atoms. The molecule has 1 aliphatic carbocycles. The Bertz CT molecular complexity index is 1380. The van der Waals surface area contributed by atoms with Crippen LogP contribution in [0.15, 0.2) is 30.3 Å². The van der Waals surface area contributed by atoms with Crippen molar-refractivity contribution in [2.75, 3.05) is 32.8 Å². The van der Waals surface area contributed by atoms with E-state index in [4.69, 9.17) is 20.9 Å². The number of hydrogen-bond acceptors (Lipinski definition) is 7. The fourth-order valence-electron chi connectivity index (χ4n) is 3.70. The number of benzene rings is 1. The van der Waals surface area contributed by atoms with Crippen LogP contribution >= 0.6 is 0 Å². The van der Waals surface area contributed by atoms with Gasteiger partial charge in [-0.1, -0.05) is 12.0 Å². The Hall–Kier alpha value is -3.58. The molecule has 0 unspecified atom stereocenters. The molecule has 3 aromatic rings. The molecule has 0 atom stereocenters. The van der Waals surface area contributed by atoms with Crippen LogP contribution in [0.4, 0.5) is 0 Å². The Kier molecular flexibility index (Phi) is 5.76. The minimum Gasteiger partial charge on any atom is -0.495 e. The molecule has 172 valence electrons. The number of rotatable bonds is 8. The highest BCUT2D eigenvalue weighted by Crippen LogP contribution is 2.47. The van der Waals surface area contributed by atoms with Gasteiger partial charge in [0.05, 0.1) is 25.5 Å². The van der Waals surface area contributed by atoms with E-state index in [2.05, 4.69) is 16.3 Å². The highest BCUT2D eigenvalue weighted by Gasteiger charge is 2.54. The Balaban J connectivity index is 1.74. The standard InChI is InChI=1S/C23H24N4O5S/c1-5-15-6-7-16(14-18(15)31-2)17-8-9-19(32-3)27-20(17)25-21(26-27)23(10-11-23)22(28)24-12-13-33(4,29)30/h1,6-9,14H,10-13H2,2-4H3,(H,24,28). The van der Waals surface area contributed by atoms with Gasteiger partial charge in [0.1, 0.15) is 21.0 Å². The topological polar surface area (TPSA) is 112 Å². The third kappa shape index (κ3) is 4.24. The monoisotopic (exact) mass is 468 g/mol. The average Bonchev–Trinajstić information content (AvgIpc) is 3.49. The molecule has 0 saturated heterocycles. The third-order valence-corrected chi connectivity index (χ3v) is 6.64. The lowest BCUT2D eigenvalue weighted by molar-refractivity contribution is -0.123. The number of hydrogen-bond donors (Lipinski definition) is 1. The number of fused-ring (bicyclic) bond motifs is 1. The zero-order valence-electron chi connectivity index (χ0n) is 18.6. The number of sulfone groups is 1. The number of pyridine rings is 1. The molecule has 10 heteroatoms. The summed E-state index contributed by atoms with van der Waals surface area (Å²) in [4.78, 5) is 17.6. The van der Waals surface area contributed by atoms with Crippen molar-refractivity contribution in [2.45, 2.75) is 18.3 Å². The Morgan fingerprint density at radius 2 is 2.00 bits per heavy atom. The van der Waals surface area contributed by atoms with Gasteiger partial charge in [0, 0.05) is 24.4 Å². The zero-order chi connectivity index (χ0) is 23.8. The maximum Gasteiger partial charge on any atom is 0.234 e. The summed E-state index contributed by atoms with van der Waals surface area (Å²) in [5, 5.41) is 7.31. The molecule has 1 fully saturated rings. The van der Waals surface area contributed by atoms with E-state index < -0.39 is 15.3 Å². The van der Waals surface area contributed by atoms with Crippen molar-refractivity contribution >= 4 is 21.4 Å². The van der Waals surface area contributed by atoms with Gasteiger partial charge in [-0.05, 0) is 36.6 Å². The maximum atomic E-state index is 12.9. The van der Waals surface area contributed by atoms with Crippen LogP contribution in [-0.4, -0.2) is 61.7 Å². The summed E-state index contributed by atoms with van der Waals surface area (Å²) < 4.78 is 35.2. The summed E-state index contributed by atoms with van der Waals surface area (Å²) in [6.45, 7) is 0.0443. The van der Waals surface area contributed by atoms with E-state index in [9.17, 15) is 13.2 Å². The normalized spacial score (nSPS) is 14.5. The molecule has 1 amide bonds. The van der Waals surface area contributed by atoms with Crippen LogP contribution in [0, 0.1) is 12.3 Å². The molecule has 2 aromatic heterocycles. The summed E-state index contributed by atoms with van der Waals surface area (Å²) in [6, 6.07) is 9.13. The van der Waals surface area contributed by atoms with Crippen LogP contribution in [0.1, 0.15) is 24.2 Å². The van der Waals surface area contributed by atoms with Crippen molar-refractivity contribution in [1.82, 2.24) is 19.9 Å². The summed E-state index contributed by atoms with van der Waals surface area (Å²) in [5.41, 5.74) is 1.87. The highest BCUT2D eigenvalue weighted by molar-refractivity contribution is 7.90. The number of nitrogens with one attached hydrogen (secondary N) is 1. The third-order valence-electron chi connectivity index (χ3n) is 5.70. The summed E-state index contributed by atoms with van der Waals surface area (Å²) in [7, 11) is -0.0887. The Morgan fingerprint density at radius 1 is 1.24 bits per heavy atom. The van der Waals surface area contributed by atoms with Crippen LogP contribution in [-0.2, 0) is 20.0 Å². The van der Waals surface area contributed by atoms with Crippen molar-refractivity contribution in [1.29, 1.82) is 0 Å². The lowest BCUT2D eigenvalue weighted by Crippen LogP contribution is -2.38. The number of terminal acetylenes is 1. The highest BCUT2D eigenvalue weighted by atomic mass is 32.2. The number of ether oxygens (including phenoxy) is 2. The number of aromatic nitrogens is 3. The quantitative estimate of drug-likeness (QED) is 0.500. The summed E-state index contributed by atoms with van der Waals surface area (Å²) >= 11 is 0. The van der Waals surface area contributed by atoms with Gasteiger partial charge in [-0.2, -0.15) is 4.52 Å². The van der Waals surface area contributed by atoms with Crippen LogP contribution < -0.4 is 14.8 Å². The zero-order valence-corrected chi connectivity index (χ0v) is 19.4. The molecule has 4 rings (SSSR count). The molecule has 1 saturated carbocycles. The second kappa shape index (κ2) is 8.41.